The molecule has 70 valence electrons. The summed E-state index contributed by atoms with van der Waals surface area (Å²) in [5.74, 6) is -0.262. The van der Waals surface area contributed by atoms with E-state index in [1.54, 1.807) is 12.1 Å². The highest BCUT2D eigenvalue weighted by Gasteiger charge is 2.14. The first-order valence-corrected chi connectivity index (χ1v) is 4.88. The molecule has 0 bridgehead atoms. The summed E-state index contributed by atoms with van der Waals surface area (Å²) in [6.45, 7) is 1.35. The molecule has 0 aliphatic carbocycles. The van der Waals surface area contributed by atoms with Gasteiger partial charge in [0.05, 0.1) is 11.6 Å². The largest absolute Gasteiger partial charge is 0.298 e. The first kappa shape index (κ1) is 10.9. The number of carbonyl (C=O) groups excluding carboxylic acids is 2. The second kappa shape index (κ2) is 4.33. The van der Waals surface area contributed by atoms with Crippen LogP contribution in [0.5, 0.6) is 0 Å². The molecular formula is C10H6INO2. The van der Waals surface area contributed by atoms with Crippen molar-refractivity contribution in [3.63, 3.8) is 0 Å². The minimum absolute atomic E-state index is 0.217. The first-order chi connectivity index (χ1) is 6.61. The maximum atomic E-state index is 11.2. The maximum absolute atomic E-state index is 11.2. The summed E-state index contributed by atoms with van der Waals surface area (Å²) in [4.78, 5) is 22.0. The summed E-state index contributed by atoms with van der Waals surface area (Å²) >= 11 is 1.96. The fourth-order valence-corrected chi connectivity index (χ4v) is 1.76. The van der Waals surface area contributed by atoms with E-state index < -0.39 is 0 Å². The van der Waals surface area contributed by atoms with Gasteiger partial charge >= 0.3 is 0 Å². The highest BCUT2D eigenvalue weighted by atomic mass is 127. The van der Waals surface area contributed by atoms with Crippen LogP contribution in [0.4, 0.5) is 0 Å². The number of nitrogens with zero attached hydrogens (tertiary/aromatic N) is 1. The Morgan fingerprint density at radius 1 is 1.57 bits per heavy atom. The molecule has 0 aromatic heterocycles. The molecule has 0 fully saturated rings. The molecule has 0 amide bonds. The van der Waals surface area contributed by atoms with Gasteiger partial charge in [-0.15, -0.1) is 0 Å². The molecule has 0 spiro atoms. The molecule has 0 radical (unpaired) electrons. The zero-order valence-corrected chi connectivity index (χ0v) is 9.53. The van der Waals surface area contributed by atoms with Crippen molar-refractivity contribution >= 4 is 34.7 Å². The lowest BCUT2D eigenvalue weighted by molar-refractivity contribution is 0.100. The van der Waals surface area contributed by atoms with Gasteiger partial charge in [0.15, 0.2) is 12.1 Å². The number of rotatable bonds is 2. The fourth-order valence-electron chi connectivity index (χ4n) is 1.18. The summed E-state index contributed by atoms with van der Waals surface area (Å²) in [7, 11) is 0. The number of nitriles is 1. The van der Waals surface area contributed by atoms with Crippen LogP contribution in [-0.4, -0.2) is 12.1 Å². The average molecular weight is 299 g/mol. The number of benzene rings is 1. The zero-order valence-electron chi connectivity index (χ0n) is 7.37. The standard InChI is InChI=1S/C10H6INO2/c1-6(14)10-7(4-12)2-3-9(11)8(10)5-13/h2-3,5H,1H3. The van der Waals surface area contributed by atoms with Crippen molar-refractivity contribution in [3.8, 4) is 6.07 Å². The van der Waals surface area contributed by atoms with Gasteiger partial charge in [-0.05, 0) is 41.6 Å². The molecule has 0 N–H and O–H groups in total. The molecule has 1 aromatic rings. The Morgan fingerprint density at radius 2 is 2.21 bits per heavy atom. The van der Waals surface area contributed by atoms with Crippen LogP contribution in [0.15, 0.2) is 12.1 Å². The minimum atomic E-state index is -0.262. The van der Waals surface area contributed by atoms with E-state index in [1.807, 2.05) is 28.7 Å². The normalized spacial score (nSPS) is 9.21. The van der Waals surface area contributed by atoms with Crippen LogP contribution in [0.2, 0.25) is 0 Å². The number of hydrogen-bond acceptors (Lipinski definition) is 3. The zero-order chi connectivity index (χ0) is 10.7. The predicted octanol–water partition coefficient (Wildman–Crippen LogP) is 2.18. The van der Waals surface area contributed by atoms with Gasteiger partial charge in [0.2, 0.25) is 0 Å². The molecular weight excluding hydrogens is 293 g/mol. The molecule has 0 saturated carbocycles. The Bertz CT molecular complexity index is 446. The molecule has 14 heavy (non-hydrogen) atoms. The van der Waals surface area contributed by atoms with Gasteiger partial charge in [0, 0.05) is 14.7 Å². The molecule has 0 atom stereocenters. The molecule has 1 rings (SSSR count). The SMILES string of the molecule is CC(=O)c1c(C#N)ccc(I)c1C=O. The van der Waals surface area contributed by atoms with Crippen molar-refractivity contribution in [3.05, 3.63) is 32.4 Å². The Morgan fingerprint density at radius 3 is 2.64 bits per heavy atom. The van der Waals surface area contributed by atoms with Gasteiger partial charge in [-0.25, -0.2) is 0 Å². The van der Waals surface area contributed by atoms with Crippen molar-refractivity contribution in [2.75, 3.05) is 0 Å². The summed E-state index contributed by atoms with van der Waals surface area (Å²) in [5.41, 5.74) is 0.770. The van der Waals surface area contributed by atoms with Crippen LogP contribution in [0.1, 0.15) is 33.2 Å². The highest BCUT2D eigenvalue weighted by Crippen LogP contribution is 2.19. The summed E-state index contributed by atoms with van der Waals surface area (Å²) in [5, 5.41) is 8.76. The number of carbonyl (C=O) groups is 2. The second-order valence-corrected chi connectivity index (χ2v) is 3.83. The molecule has 1 aromatic carbocycles. The van der Waals surface area contributed by atoms with Crippen molar-refractivity contribution in [2.24, 2.45) is 0 Å². The van der Waals surface area contributed by atoms with Crippen molar-refractivity contribution < 1.29 is 9.59 Å². The van der Waals surface area contributed by atoms with Crippen molar-refractivity contribution in [1.82, 2.24) is 0 Å². The van der Waals surface area contributed by atoms with Crippen LogP contribution < -0.4 is 0 Å². The molecule has 0 aliphatic rings. The van der Waals surface area contributed by atoms with E-state index in [0.29, 0.717) is 15.4 Å². The van der Waals surface area contributed by atoms with E-state index in [2.05, 4.69) is 0 Å². The Labute approximate surface area is 94.9 Å². The third-order valence-corrected chi connectivity index (χ3v) is 2.72. The van der Waals surface area contributed by atoms with Crippen LogP contribution in [0.25, 0.3) is 0 Å². The predicted molar refractivity (Wildman–Crippen MR) is 59.3 cm³/mol. The van der Waals surface area contributed by atoms with Crippen molar-refractivity contribution in [2.45, 2.75) is 6.92 Å². The van der Waals surface area contributed by atoms with Gasteiger partial charge in [0.25, 0.3) is 0 Å². The molecule has 0 aliphatic heterocycles. The van der Waals surface area contributed by atoms with E-state index in [4.69, 9.17) is 5.26 Å². The summed E-state index contributed by atoms with van der Waals surface area (Å²) in [6.07, 6.45) is 0.610. The highest BCUT2D eigenvalue weighted by molar-refractivity contribution is 14.1. The lowest BCUT2D eigenvalue weighted by Crippen LogP contribution is -2.04. The molecule has 0 saturated heterocycles. The van der Waals surface area contributed by atoms with Crippen LogP contribution in [0, 0.1) is 14.9 Å². The summed E-state index contributed by atoms with van der Waals surface area (Å²) in [6, 6.07) is 5.09. The quantitative estimate of drug-likeness (QED) is 0.478. The van der Waals surface area contributed by atoms with Crippen molar-refractivity contribution in [1.29, 1.82) is 5.26 Å². The third-order valence-electron chi connectivity index (χ3n) is 1.78. The first-order valence-electron chi connectivity index (χ1n) is 3.80. The van der Waals surface area contributed by atoms with Gasteiger partial charge in [-0.2, -0.15) is 5.26 Å². The molecule has 3 nitrogen and oxygen atoms in total. The van der Waals surface area contributed by atoms with Crippen LogP contribution in [0.3, 0.4) is 0 Å². The second-order valence-electron chi connectivity index (χ2n) is 2.67. The van der Waals surface area contributed by atoms with Crippen LogP contribution >= 0.6 is 22.6 Å². The minimum Gasteiger partial charge on any atom is -0.298 e. The van der Waals surface area contributed by atoms with E-state index in [9.17, 15) is 9.59 Å². The molecule has 0 heterocycles. The lowest BCUT2D eigenvalue weighted by atomic mass is 9.99. The van der Waals surface area contributed by atoms with E-state index >= 15 is 0 Å². The number of Topliss-reactive ketones (excluding diaryl/α,β-unsaturated/α-hetero) is 1. The Balaban J connectivity index is 3.62. The third kappa shape index (κ3) is 1.82. The van der Waals surface area contributed by atoms with Gasteiger partial charge in [0.1, 0.15) is 0 Å². The number of hydrogen-bond donors (Lipinski definition) is 0. The number of halogens is 1. The molecule has 0 unspecified atom stereocenters. The Kier molecular flexibility index (Phi) is 3.36. The van der Waals surface area contributed by atoms with Gasteiger partial charge in [-0.1, -0.05) is 0 Å². The van der Waals surface area contributed by atoms with E-state index in [1.165, 1.54) is 6.92 Å². The van der Waals surface area contributed by atoms with E-state index in [-0.39, 0.29) is 16.9 Å². The maximum Gasteiger partial charge on any atom is 0.161 e. The number of aldehydes is 1. The summed E-state index contributed by atoms with van der Waals surface area (Å²) < 4.78 is 0.682. The van der Waals surface area contributed by atoms with Crippen LogP contribution in [-0.2, 0) is 0 Å². The lowest BCUT2D eigenvalue weighted by Gasteiger charge is -2.04. The Hall–Kier alpha value is -1.22. The fraction of sp³-hybridized carbons (Fsp3) is 0.100. The van der Waals surface area contributed by atoms with Gasteiger partial charge in [-0.3, -0.25) is 9.59 Å². The van der Waals surface area contributed by atoms with Gasteiger partial charge < -0.3 is 0 Å². The average Bonchev–Trinajstić information content (AvgIpc) is 2.17. The number of ketones is 1. The monoisotopic (exact) mass is 299 g/mol. The topological polar surface area (TPSA) is 57.9 Å². The van der Waals surface area contributed by atoms with E-state index in [0.717, 1.165) is 0 Å². The molecule has 4 heteroatoms. The smallest absolute Gasteiger partial charge is 0.161 e.